The molecule has 1 heterocycles. The molecule has 0 aliphatic carbocycles. The maximum Gasteiger partial charge on any atom is 0.279 e. The Kier molecular flexibility index (Phi) is 2.30. The van der Waals surface area contributed by atoms with Crippen LogP contribution in [0, 0.1) is 0 Å². The van der Waals surface area contributed by atoms with Gasteiger partial charge >= 0.3 is 0 Å². The molecule has 0 N–H and O–H groups in total. The van der Waals surface area contributed by atoms with Gasteiger partial charge in [-0.05, 0) is 16.8 Å². The molecule has 0 aromatic carbocycles. The summed E-state index contributed by atoms with van der Waals surface area (Å²) in [5.74, 6) is -0.137. The molecule has 1 aromatic rings. The van der Waals surface area contributed by atoms with E-state index < -0.39 is 3.79 Å². The van der Waals surface area contributed by atoms with Gasteiger partial charge < -0.3 is 4.52 Å². The normalized spacial score (nSPS) is 12.0. The second-order valence-corrected chi connectivity index (χ2v) is 3.99. The van der Waals surface area contributed by atoms with Gasteiger partial charge in [0.25, 0.3) is 15.0 Å². The Bertz CT molecular complexity index is 229. The molecule has 0 amide bonds. The maximum absolute atomic E-state index is 5.35. The van der Waals surface area contributed by atoms with E-state index in [1.165, 1.54) is 0 Å². The largest absolute Gasteiger partial charge is 0.333 e. The SMILES string of the molecule is Clc1noc(C(Cl)(Cl)Cl)n1. The van der Waals surface area contributed by atoms with Crippen molar-refractivity contribution in [3.63, 3.8) is 0 Å². The molecule has 0 unspecified atom stereocenters. The van der Waals surface area contributed by atoms with Crippen molar-refractivity contribution in [1.29, 1.82) is 0 Å². The molecule has 0 aliphatic rings. The van der Waals surface area contributed by atoms with Crippen molar-refractivity contribution < 1.29 is 4.52 Å². The van der Waals surface area contributed by atoms with Gasteiger partial charge in [0.15, 0.2) is 0 Å². The fourth-order valence-electron chi connectivity index (χ4n) is 0.321. The van der Waals surface area contributed by atoms with Crippen LogP contribution < -0.4 is 0 Å². The zero-order valence-corrected chi connectivity index (χ0v) is 7.34. The van der Waals surface area contributed by atoms with Gasteiger partial charge in [0.1, 0.15) is 0 Å². The van der Waals surface area contributed by atoms with E-state index in [1.807, 2.05) is 0 Å². The highest BCUT2D eigenvalue weighted by Crippen LogP contribution is 2.36. The summed E-state index contributed by atoms with van der Waals surface area (Å²) in [5, 5.41) is 3.13. The summed E-state index contributed by atoms with van der Waals surface area (Å²) >= 11 is 21.3. The monoisotopic (exact) mass is 220 g/mol. The van der Waals surface area contributed by atoms with Crippen LogP contribution in [0.4, 0.5) is 0 Å². The second-order valence-electron chi connectivity index (χ2n) is 1.37. The molecule has 10 heavy (non-hydrogen) atoms. The zero-order chi connectivity index (χ0) is 7.78. The van der Waals surface area contributed by atoms with E-state index >= 15 is 0 Å². The minimum Gasteiger partial charge on any atom is -0.333 e. The van der Waals surface area contributed by atoms with Gasteiger partial charge in [0.05, 0.1) is 0 Å². The van der Waals surface area contributed by atoms with E-state index in [4.69, 9.17) is 46.4 Å². The molecular formula is C3Cl4N2O. The van der Waals surface area contributed by atoms with Crippen LogP contribution in [0.15, 0.2) is 4.52 Å². The Labute approximate surface area is 76.2 Å². The molecule has 1 rings (SSSR count). The molecule has 0 saturated carbocycles. The third-order valence-electron chi connectivity index (χ3n) is 0.644. The average molecular weight is 222 g/mol. The van der Waals surface area contributed by atoms with Crippen molar-refractivity contribution >= 4 is 46.4 Å². The third kappa shape index (κ3) is 1.89. The molecule has 0 aliphatic heterocycles. The van der Waals surface area contributed by atoms with Crippen LogP contribution in [0.1, 0.15) is 5.89 Å². The number of aromatic nitrogens is 2. The van der Waals surface area contributed by atoms with Gasteiger partial charge in [-0.3, -0.25) is 0 Å². The topological polar surface area (TPSA) is 38.9 Å². The first kappa shape index (κ1) is 8.40. The number of alkyl halides is 3. The Morgan fingerprint density at radius 3 is 2.10 bits per heavy atom. The molecular weight excluding hydrogens is 222 g/mol. The highest BCUT2D eigenvalue weighted by Gasteiger charge is 2.30. The highest BCUT2D eigenvalue weighted by atomic mass is 35.6. The van der Waals surface area contributed by atoms with Gasteiger partial charge in [-0.1, -0.05) is 34.8 Å². The number of rotatable bonds is 0. The van der Waals surface area contributed by atoms with Crippen LogP contribution in [-0.2, 0) is 3.79 Å². The summed E-state index contributed by atoms with van der Waals surface area (Å²) in [6.45, 7) is 0. The third-order valence-corrected chi connectivity index (χ3v) is 1.28. The standard InChI is InChI=1S/C3Cl4N2O/c4-2-8-1(10-9-2)3(5,6)7. The predicted octanol–water partition coefficient (Wildman–Crippen LogP) is 2.55. The Morgan fingerprint density at radius 1 is 1.30 bits per heavy atom. The fourth-order valence-corrected chi connectivity index (χ4v) is 0.662. The molecule has 0 bridgehead atoms. The van der Waals surface area contributed by atoms with Crippen LogP contribution in [-0.4, -0.2) is 10.1 Å². The number of halogens is 4. The summed E-state index contributed by atoms with van der Waals surface area (Å²) in [7, 11) is 0. The summed E-state index contributed by atoms with van der Waals surface area (Å²) in [6, 6.07) is 0. The number of hydrogen-bond donors (Lipinski definition) is 0. The second kappa shape index (κ2) is 2.74. The zero-order valence-electron chi connectivity index (χ0n) is 4.31. The molecule has 56 valence electrons. The van der Waals surface area contributed by atoms with E-state index in [9.17, 15) is 0 Å². The fraction of sp³-hybridized carbons (Fsp3) is 0.333. The Morgan fingerprint density at radius 2 is 1.90 bits per heavy atom. The Balaban J connectivity index is 2.96. The van der Waals surface area contributed by atoms with Gasteiger partial charge in [-0.25, -0.2) is 0 Å². The van der Waals surface area contributed by atoms with Crippen LogP contribution >= 0.6 is 46.4 Å². The minimum absolute atomic E-state index is 0.0821. The smallest absolute Gasteiger partial charge is 0.279 e. The maximum atomic E-state index is 5.35. The molecule has 0 radical (unpaired) electrons. The van der Waals surface area contributed by atoms with Gasteiger partial charge in [-0.2, -0.15) is 4.98 Å². The first-order valence-corrected chi connectivity index (χ1v) is 3.58. The lowest BCUT2D eigenvalue weighted by molar-refractivity contribution is 0.382. The van der Waals surface area contributed by atoms with E-state index in [0.29, 0.717) is 0 Å². The molecule has 7 heteroatoms. The van der Waals surface area contributed by atoms with Crippen LogP contribution in [0.2, 0.25) is 5.28 Å². The summed E-state index contributed by atoms with van der Waals surface area (Å²) in [4.78, 5) is 3.47. The van der Waals surface area contributed by atoms with Crippen LogP contribution in [0.3, 0.4) is 0 Å². The van der Waals surface area contributed by atoms with E-state index in [0.717, 1.165) is 0 Å². The first-order chi connectivity index (χ1) is 4.50. The Hall–Kier alpha value is 0.300. The number of nitrogens with zero attached hydrogens (tertiary/aromatic N) is 2. The summed E-state index contributed by atoms with van der Waals surface area (Å²) < 4.78 is 2.75. The van der Waals surface area contributed by atoms with Gasteiger partial charge in [0, 0.05) is 0 Å². The molecule has 0 atom stereocenters. The number of hydrogen-bond acceptors (Lipinski definition) is 3. The molecule has 1 aromatic heterocycles. The van der Waals surface area contributed by atoms with Crippen molar-refractivity contribution in [1.82, 2.24) is 10.1 Å². The van der Waals surface area contributed by atoms with Crippen molar-refractivity contribution in [2.75, 3.05) is 0 Å². The molecule has 0 spiro atoms. The van der Waals surface area contributed by atoms with Crippen molar-refractivity contribution in [2.45, 2.75) is 3.79 Å². The summed E-state index contributed by atoms with van der Waals surface area (Å²) in [5.41, 5.74) is 0. The first-order valence-electron chi connectivity index (χ1n) is 2.06. The average Bonchev–Trinajstić information content (AvgIpc) is 2.11. The van der Waals surface area contributed by atoms with E-state index in [2.05, 4.69) is 14.7 Å². The van der Waals surface area contributed by atoms with E-state index in [-0.39, 0.29) is 11.2 Å². The van der Waals surface area contributed by atoms with Gasteiger partial charge in [0.2, 0.25) is 0 Å². The van der Waals surface area contributed by atoms with Crippen LogP contribution in [0.5, 0.6) is 0 Å². The van der Waals surface area contributed by atoms with E-state index in [1.54, 1.807) is 0 Å². The lowest BCUT2D eigenvalue weighted by atomic mass is 10.8. The van der Waals surface area contributed by atoms with Crippen LogP contribution in [0.25, 0.3) is 0 Å². The summed E-state index contributed by atoms with van der Waals surface area (Å²) in [6.07, 6.45) is 0. The predicted molar refractivity (Wildman–Crippen MR) is 38.5 cm³/mol. The lowest BCUT2D eigenvalue weighted by Gasteiger charge is -2.00. The lowest BCUT2D eigenvalue weighted by Crippen LogP contribution is -1.99. The quantitative estimate of drug-likeness (QED) is 0.633. The minimum atomic E-state index is -1.69. The molecule has 0 fully saturated rings. The van der Waals surface area contributed by atoms with Crippen molar-refractivity contribution in [3.05, 3.63) is 11.2 Å². The van der Waals surface area contributed by atoms with Crippen molar-refractivity contribution in [3.8, 4) is 0 Å². The van der Waals surface area contributed by atoms with Crippen molar-refractivity contribution in [2.24, 2.45) is 0 Å². The molecule has 3 nitrogen and oxygen atoms in total. The molecule has 0 saturated heterocycles. The van der Waals surface area contributed by atoms with Gasteiger partial charge in [-0.15, -0.1) is 0 Å². The highest BCUT2D eigenvalue weighted by molar-refractivity contribution is 6.66.